The van der Waals surface area contributed by atoms with Gasteiger partial charge in [-0.25, -0.2) is 4.98 Å². The van der Waals surface area contributed by atoms with Gasteiger partial charge in [0.25, 0.3) is 0 Å². The topological polar surface area (TPSA) is 63.0 Å². The number of rotatable bonds is 3. The summed E-state index contributed by atoms with van der Waals surface area (Å²) in [6.07, 6.45) is 3.69. The van der Waals surface area contributed by atoms with Gasteiger partial charge in [-0.15, -0.1) is 10.2 Å². The van der Waals surface area contributed by atoms with Crippen LogP contribution in [0.4, 0.5) is 11.5 Å². The third-order valence-corrected chi connectivity index (χ3v) is 4.68. The molecule has 4 rings (SSSR count). The highest BCUT2D eigenvalue weighted by Crippen LogP contribution is 2.23. The molecule has 0 aromatic carbocycles. The third-order valence-electron chi connectivity index (χ3n) is 4.68. The Morgan fingerprint density at radius 1 is 0.880 bits per heavy atom. The monoisotopic (exact) mass is 335 g/mol. The molecule has 0 N–H and O–H groups in total. The minimum absolute atomic E-state index is 0.798. The van der Waals surface area contributed by atoms with Gasteiger partial charge in [0.1, 0.15) is 17.3 Å². The molecule has 0 bridgehead atoms. The van der Waals surface area contributed by atoms with Gasteiger partial charge >= 0.3 is 0 Å². The molecule has 0 radical (unpaired) electrons. The van der Waals surface area contributed by atoms with E-state index >= 15 is 0 Å². The second-order valence-corrected chi connectivity index (χ2v) is 6.19. The van der Waals surface area contributed by atoms with Crippen molar-refractivity contribution in [1.82, 2.24) is 24.7 Å². The van der Waals surface area contributed by atoms with E-state index in [-0.39, 0.29) is 0 Å². The van der Waals surface area contributed by atoms with Gasteiger partial charge in [-0.2, -0.15) is 0 Å². The molecule has 7 heteroatoms. The molecule has 0 atom stereocenters. The highest BCUT2D eigenvalue weighted by molar-refractivity contribution is 5.59. The van der Waals surface area contributed by atoms with Crippen LogP contribution in [0, 0.1) is 6.92 Å². The number of hydrogen-bond acceptors (Lipinski definition) is 6. The average molecular weight is 335 g/mol. The van der Waals surface area contributed by atoms with Gasteiger partial charge in [-0.1, -0.05) is 6.07 Å². The van der Waals surface area contributed by atoms with E-state index in [9.17, 15) is 0 Å². The first-order chi connectivity index (χ1) is 12.2. The van der Waals surface area contributed by atoms with E-state index < -0.39 is 0 Å². The van der Waals surface area contributed by atoms with Gasteiger partial charge in [0.05, 0.1) is 0 Å². The summed E-state index contributed by atoms with van der Waals surface area (Å²) in [7, 11) is 1.96. The van der Waals surface area contributed by atoms with E-state index in [1.807, 2.05) is 43.1 Å². The number of anilines is 2. The largest absolute Gasteiger partial charge is 0.368 e. The predicted molar refractivity (Wildman–Crippen MR) is 97.6 cm³/mol. The zero-order valence-corrected chi connectivity index (χ0v) is 14.5. The highest BCUT2D eigenvalue weighted by atomic mass is 15.3. The lowest BCUT2D eigenvalue weighted by atomic mass is 10.2. The summed E-state index contributed by atoms with van der Waals surface area (Å²) in [5.74, 6) is 2.73. The number of aromatic nitrogens is 5. The van der Waals surface area contributed by atoms with E-state index in [1.165, 1.54) is 5.69 Å². The molecule has 1 saturated heterocycles. The van der Waals surface area contributed by atoms with E-state index in [2.05, 4.69) is 48.2 Å². The summed E-state index contributed by atoms with van der Waals surface area (Å²) < 4.78 is 1.96. The fraction of sp³-hybridized carbons (Fsp3) is 0.333. The fourth-order valence-electron chi connectivity index (χ4n) is 3.10. The van der Waals surface area contributed by atoms with Crippen LogP contribution >= 0.6 is 0 Å². The molecule has 25 heavy (non-hydrogen) atoms. The van der Waals surface area contributed by atoms with Crippen LogP contribution in [0.25, 0.3) is 11.5 Å². The quantitative estimate of drug-likeness (QED) is 0.728. The second kappa shape index (κ2) is 6.51. The first kappa shape index (κ1) is 15.6. The van der Waals surface area contributed by atoms with Crippen molar-refractivity contribution in [3.63, 3.8) is 0 Å². The molecule has 0 amide bonds. The van der Waals surface area contributed by atoms with Crippen LogP contribution in [0.15, 0.2) is 42.7 Å². The zero-order valence-electron chi connectivity index (χ0n) is 14.5. The summed E-state index contributed by atoms with van der Waals surface area (Å²) in [6.45, 7) is 5.77. The first-order valence-corrected chi connectivity index (χ1v) is 8.46. The van der Waals surface area contributed by atoms with Crippen LogP contribution in [-0.2, 0) is 7.05 Å². The molecule has 3 aromatic heterocycles. The van der Waals surface area contributed by atoms with Gasteiger partial charge < -0.3 is 14.4 Å². The SMILES string of the molecule is Cc1nnc(-c2cc(N3CCN(c4ccccn4)CC3)ccn2)n1C. The predicted octanol–water partition coefficient (Wildman–Crippen LogP) is 1.91. The van der Waals surface area contributed by atoms with Crippen molar-refractivity contribution in [3.8, 4) is 11.5 Å². The maximum absolute atomic E-state index is 4.47. The molecule has 4 heterocycles. The number of pyridine rings is 2. The Balaban J connectivity index is 1.50. The average Bonchev–Trinajstić information content (AvgIpc) is 3.02. The molecular weight excluding hydrogens is 314 g/mol. The number of nitrogens with zero attached hydrogens (tertiary/aromatic N) is 7. The van der Waals surface area contributed by atoms with Gasteiger partial charge in [0.15, 0.2) is 5.82 Å². The van der Waals surface area contributed by atoms with Crippen LogP contribution in [0.2, 0.25) is 0 Å². The molecule has 7 nitrogen and oxygen atoms in total. The molecule has 0 saturated carbocycles. The zero-order chi connectivity index (χ0) is 17.2. The summed E-state index contributed by atoms with van der Waals surface area (Å²) in [5, 5.41) is 8.36. The van der Waals surface area contributed by atoms with Crippen LogP contribution in [0.1, 0.15) is 5.82 Å². The molecule has 128 valence electrons. The Morgan fingerprint density at radius 3 is 2.36 bits per heavy atom. The van der Waals surface area contributed by atoms with Crippen molar-refractivity contribution >= 4 is 11.5 Å². The van der Waals surface area contributed by atoms with Crippen molar-refractivity contribution < 1.29 is 0 Å². The number of aryl methyl sites for hydroxylation is 1. The van der Waals surface area contributed by atoms with E-state index in [1.54, 1.807) is 0 Å². The summed E-state index contributed by atoms with van der Waals surface area (Å²) in [4.78, 5) is 13.6. The van der Waals surface area contributed by atoms with E-state index in [4.69, 9.17) is 0 Å². The Labute approximate surface area is 147 Å². The molecule has 1 fully saturated rings. The smallest absolute Gasteiger partial charge is 0.182 e. The summed E-state index contributed by atoms with van der Waals surface area (Å²) in [5.41, 5.74) is 2.03. The maximum atomic E-state index is 4.47. The van der Waals surface area contributed by atoms with Crippen molar-refractivity contribution in [3.05, 3.63) is 48.5 Å². The first-order valence-electron chi connectivity index (χ1n) is 8.46. The van der Waals surface area contributed by atoms with Gasteiger partial charge in [-0.05, 0) is 31.2 Å². The van der Waals surface area contributed by atoms with Gasteiger partial charge in [0.2, 0.25) is 0 Å². The van der Waals surface area contributed by atoms with Crippen molar-refractivity contribution in [2.24, 2.45) is 7.05 Å². The lowest BCUT2D eigenvalue weighted by Gasteiger charge is -2.36. The second-order valence-electron chi connectivity index (χ2n) is 6.19. The van der Waals surface area contributed by atoms with Gasteiger partial charge in [0, 0.05) is 51.3 Å². The lowest BCUT2D eigenvalue weighted by molar-refractivity contribution is 0.647. The lowest BCUT2D eigenvalue weighted by Crippen LogP contribution is -2.46. The molecule has 0 aliphatic carbocycles. The minimum Gasteiger partial charge on any atom is -0.368 e. The Bertz CT molecular complexity index is 851. The van der Waals surface area contributed by atoms with Crippen LogP contribution in [0.3, 0.4) is 0 Å². The van der Waals surface area contributed by atoms with Crippen LogP contribution < -0.4 is 9.80 Å². The third kappa shape index (κ3) is 3.05. The molecule has 3 aromatic rings. The molecule has 0 unspecified atom stereocenters. The highest BCUT2D eigenvalue weighted by Gasteiger charge is 2.19. The van der Waals surface area contributed by atoms with Gasteiger partial charge in [-0.3, -0.25) is 4.98 Å². The Hall–Kier alpha value is -2.96. The normalized spacial score (nSPS) is 14.8. The Kier molecular flexibility index (Phi) is 4.05. The van der Waals surface area contributed by atoms with Crippen molar-refractivity contribution in [1.29, 1.82) is 0 Å². The van der Waals surface area contributed by atoms with Crippen LogP contribution in [0.5, 0.6) is 0 Å². The van der Waals surface area contributed by atoms with E-state index in [0.29, 0.717) is 0 Å². The molecule has 1 aliphatic heterocycles. The van der Waals surface area contributed by atoms with Crippen molar-refractivity contribution in [2.45, 2.75) is 6.92 Å². The molecular formula is C18H21N7. The van der Waals surface area contributed by atoms with Crippen LogP contribution in [-0.4, -0.2) is 50.9 Å². The molecule has 0 spiro atoms. The molecule has 1 aliphatic rings. The number of hydrogen-bond donors (Lipinski definition) is 0. The minimum atomic E-state index is 0.798. The summed E-state index contributed by atoms with van der Waals surface area (Å²) in [6, 6.07) is 10.2. The van der Waals surface area contributed by atoms with Crippen molar-refractivity contribution in [2.75, 3.05) is 36.0 Å². The van der Waals surface area contributed by atoms with E-state index in [0.717, 1.165) is 49.3 Å². The number of piperazine rings is 1. The fourth-order valence-corrected chi connectivity index (χ4v) is 3.10. The standard InChI is InChI=1S/C18H21N7/c1-14-21-22-18(23(14)2)16-13-15(6-8-19-16)24-9-11-25(12-10-24)17-5-3-4-7-20-17/h3-8,13H,9-12H2,1-2H3. The summed E-state index contributed by atoms with van der Waals surface area (Å²) >= 11 is 0. The maximum Gasteiger partial charge on any atom is 0.182 e. The Morgan fingerprint density at radius 2 is 1.68 bits per heavy atom.